The van der Waals surface area contributed by atoms with Crippen LogP contribution >= 0.6 is 0 Å². The SMILES string of the molecule is Cc1cccc(/C=C(/C(=O)O)C(C)C(=O)c2ccccc2)c1. The number of carbonyl (C=O) groups is 2. The average Bonchev–Trinajstić information content (AvgIpc) is 2.52. The molecule has 1 atom stereocenters. The average molecular weight is 294 g/mol. The molecule has 3 nitrogen and oxygen atoms in total. The maximum absolute atomic E-state index is 12.4. The van der Waals surface area contributed by atoms with E-state index in [0.717, 1.165) is 11.1 Å². The Labute approximate surface area is 129 Å². The van der Waals surface area contributed by atoms with E-state index in [1.165, 1.54) is 0 Å². The van der Waals surface area contributed by atoms with Crippen LogP contribution in [0.3, 0.4) is 0 Å². The largest absolute Gasteiger partial charge is 0.478 e. The van der Waals surface area contributed by atoms with Crippen molar-refractivity contribution in [3.63, 3.8) is 0 Å². The van der Waals surface area contributed by atoms with Gasteiger partial charge in [-0.1, -0.05) is 67.1 Å². The van der Waals surface area contributed by atoms with E-state index >= 15 is 0 Å². The number of rotatable bonds is 5. The molecule has 0 aromatic heterocycles. The molecule has 112 valence electrons. The third kappa shape index (κ3) is 3.70. The maximum Gasteiger partial charge on any atom is 0.332 e. The normalized spacial score (nSPS) is 12.7. The monoisotopic (exact) mass is 294 g/mol. The highest BCUT2D eigenvalue weighted by molar-refractivity contribution is 6.06. The molecular formula is C19H18O3. The third-order valence-corrected chi connectivity index (χ3v) is 3.53. The highest BCUT2D eigenvalue weighted by Crippen LogP contribution is 2.20. The molecule has 0 aliphatic carbocycles. The zero-order chi connectivity index (χ0) is 16.1. The molecular weight excluding hydrogens is 276 g/mol. The number of Topliss-reactive ketones (excluding diaryl/α,β-unsaturated/α-hetero) is 1. The summed E-state index contributed by atoms with van der Waals surface area (Å²) in [6.45, 7) is 3.57. The number of ketones is 1. The number of carbonyl (C=O) groups excluding carboxylic acids is 1. The van der Waals surface area contributed by atoms with Crippen LogP contribution < -0.4 is 0 Å². The van der Waals surface area contributed by atoms with E-state index in [4.69, 9.17) is 0 Å². The molecule has 0 spiro atoms. The van der Waals surface area contributed by atoms with Crippen LogP contribution in [0.1, 0.15) is 28.4 Å². The second-order valence-electron chi connectivity index (χ2n) is 5.27. The number of benzene rings is 2. The van der Waals surface area contributed by atoms with Crippen molar-refractivity contribution in [1.29, 1.82) is 0 Å². The predicted octanol–water partition coefficient (Wildman–Crippen LogP) is 3.98. The van der Waals surface area contributed by atoms with Gasteiger partial charge in [-0.05, 0) is 18.6 Å². The van der Waals surface area contributed by atoms with Crippen LogP contribution in [0.2, 0.25) is 0 Å². The van der Waals surface area contributed by atoms with Gasteiger partial charge >= 0.3 is 5.97 Å². The molecule has 0 aliphatic heterocycles. The molecule has 0 bridgehead atoms. The van der Waals surface area contributed by atoms with Crippen molar-refractivity contribution in [1.82, 2.24) is 0 Å². The summed E-state index contributed by atoms with van der Waals surface area (Å²) in [6, 6.07) is 16.3. The Hall–Kier alpha value is -2.68. The lowest BCUT2D eigenvalue weighted by atomic mass is 9.90. The Bertz CT molecular complexity index is 714. The Morgan fingerprint density at radius 3 is 2.32 bits per heavy atom. The van der Waals surface area contributed by atoms with Gasteiger partial charge in [-0.25, -0.2) is 4.79 Å². The lowest BCUT2D eigenvalue weighted by molar-refractivity contribution is -0.133. The molecule has 0 saturated heterocycles. The standard InChI is InChI=1S/C19H18O3/c1-13-7-6-8-15(11-13)12-17(19(21)22)14(2)18(20)16-9-4-3-5-10-16/h3-12,14H,1-2H3,(H,21,22)/b17-12+. The summed E-state index contributed by atoms with van der Waals surface area (Å²) >= 11 is 0. The van der Waals surface area contributed by atoms with Crippen LogP contribution in [-0.2, 0) is 4.79 Å². The van der Waals surface area contributed by atoms with Gasteiger partial charge in [-0.3, -0.25) is 4.79 Å². The molecule has 0 saturated carbocycles. The minimum Gasteiger partial charge on any atom is -0.478 e. The van der Waals surface area contributed by atoms with Crippen LogP contribution in [0.25, 0.3) is 6.08 Å². The van der Waals surface area contributed by atoms with Crippen molar-refractivity contribution in [3.05, 3.63) is 76.9 Å². The first-order chi connectivity index (χ1) is 10.5. The topological polar surface area (TPSA) is 54.4 Å². The number of hydrogen-bond acceptors (Lipinski definition) is 2. The van der Waals surface area contributed by atoms with Crippen molar-refractivity contribution in [2.75, 3.05) is 0 Å². The minimum atomic E-state index is -1.07. The summed E-state index contributed by atoms with van der Waals surface area (Å²) in [5, 5.41) is 9.45. The number of carboxylic acids is 1. The second kappa shape index (κ2) is 6.85. The first kappa shape index (κ1) is 15.7. The van der Waals surface area contributed by atoms with Crippen molar-refractivity contribution >= 4 is 17.8 Å². The Kier molecular flexibility index (Phi) is 4.89. The van der Waals surface area contributed by atoms with E-state index in [-0.39, 0.29) is 11.4 Å². The van der Waals surface area contributed by atoms with E-state index in [0.29, 0.717) is 5.56 Å². The van der Waals surface area contributed by atoms with E-state index in [2.05, 4.69) is 0 Å². The summed E-state index contributed by atoms with van der Waals surface area (Å²) in [7, 11) is 0. The van der Waals surface area contributed by atoms with E-state index < -0.39 is 11.9 Å². The zero-order valence-electron chi connectivity index (χ0n) is 12.6. The summed E-state index contributed by atoms with van der Waals surface area (Å²) in [4.78, 5) is 24.0. The lowest BCUT2D eigenvalue weighted by Crippen LogP contribution is -2.19. The minimum absolute atomic E-state index is 0.0967. The summed E-state index contributed by atoms with van der Waals surface area (Å²) in [5.74, 6) is -1.97. The summed E-state index contributed by atoms with van der Waals surface area (Å²) < 4.78 is 0. The zero-order valence-corrected chi connectivity index (χ0v) is 12.6. The third-order valence-electron chi connectivity index (χ3n) is 3.53. The molecule has 3 heteroatoms. The molecule has 1 N–H and O–H groups in total. The van der Waals surface area contributed by atoms with Gasteiger partial charge in [-0.2, -0.15) is 0 Å². The highest BCUT2D eigenvalue weighted by atomic mass is 16.4. The van der Waals surface area contributed by atoms with Crippen LogP contribution in [0.15, 0.2) is 60.2 Å². The number of aryl methyl sites for hydroxylation is 1. The number of carboxylic acid groups (broad SMARTS) is 1. The molecule has 0 radical (unpaired) electrons. The lowest BCUT2D eigenvalue weighted by Gasteiger charge is -2.12. The van der Waals surface area contributed by atoms with Crippen molar-refractivity contribution in [3.8, 4) is 0 Å². The quantitative estimate of drug-likeness (QED) is 0.670. The van der Waals surface area contributed by atoms with Crippen molar-refractivity contribution in [2.45, 2.75) is 13.8 Å². The molecule has 0 amide bonds. The van der Waals surface area contributed by atoms with Crippen LogP contribution in [0.4, 0.5) is 0 Å². The van der Waals surface area contributed by atoms with Gasteiger partial charge in [0.1, 0.15) is 0 Å². The molecule has 2 aromatic carbocycles. The first-order valence-electron chi connectivity index (χ1n) is 7.10. The Morgan fingerprint density at radius 1 is 1.05 bits per heavy atom. The first-order valence-corrected chi connectivity index (χ1v) is 7.10. The molecule has 2 aromatic rings. The molecule has 0 heterocycles. The van der Waals surface area contributed by atoms with Gasteiger partial charge in [0.25, 0.3) is 0 Å². The maximum atomic E-state index is 12.4. The fourth-order valence-electron chi connectivity index (χ4n) is 2.31. The smallest absolute Gasteiger partial charge is 0.332 e. The highest BCUT2D eigenvalue weighted by Gasteiger charge is 2.24. The van der Waals surface area contributed by atoms with Crippen molar-refractivity contribution in [2.24, 2.45) is 5.92 Å². The van der Waals surface area contributed by atoms with Gasteiger partial charge in [0.2, 0.25) is 0 Å². The molecule has 2 rings (SSSR count). The van der Waals surface area contributed by atoms with E-state index in [9.17, 15) is 14.7 Å². The van der Waals surface area contributed by atoms with Crippen LogP contribution in [0, 0.1) is 12.8 Å². The fourth-order valence-corrected chi connectivity index (χ4v) is 2.31. The summed E-state index contributed by atoms with van der Waals surface area (Å²) in [6.07, 6.45) is 1.57. The van der Waals surface area contributed by atoms with Crippen LogP contribution in [0.5, 0.6) is 0 Å². The van der Waals surface area contributed by atoms with Gasteiger partial charge in [0.15, 0.2) is 5.78 Å². The second-order valence-corrected chi connectivity index (χ2v) is 5.27. The molecule has 0 fully saturated rings. The van der Waals surface area contributed by atoms with Gasteiger partial charge in [-0.15, -0.1) is 0 Å². The van der Waals surface area contributed by atoms with Crippen molar-refractivity contribution < 1.29 is 14.7 Å². The Morgan fingerprint density at radius 2 is 1.73 bits per heavy atom. The molecule has 1 unspecified atom stereocenters. The number of hydrogen-bond donors (Lipinski definition) is 1. The molecule has 22 heavy (non-hydrogen) atoms. The molecule has 0 aliphatic rings. The predicted molar refractivity (Wildman–Crippen MR) is 86.7 cm³/mol. The fraction of sp³-hybridized carbons (Fsp3) is 0.158. The Balaban J connectivity index is 2.36. The van der Waals surface area contributed by atoms with Gasteiger partial charge in [0.05, 0.1) is 5.92 Å². The summed E-state index contributed by atoms with van der Waals surface area (Å²) in [5.41, 5.74) is 2.44. The van der Waals surface area contributed by atoms with E-state index in [1.54, 1.807) is 37.3 Å². The van der Waals surface area contributed by atoms with E-state index in [1.807, 2.05) is 37.3 Å². The van der Waals surface area contributed by atoms with Crippen LogP contribution in [-0.4, -0.2) is 16.9 Å². The number of aliphatic carboxylic acids is 1. The van der Waals surface area contributed by atoms with Gasteiger partial charge < -0.3 is 5.11 Å². The van der Waals surface area contributed by atoms with Gasteiger partial charge in [0, 0.05) is 11.1 Å².